The maximum Gasteiger partial charge on any atom is 0.237 e. The second-order valence-corrected chi connectivity index (χ2v) is 5.10. The van der Waals surface area contributed by atoms with Gasteiger partial charge in [-0.2, -0.15) is 0 Å². The lowest BCUT2D eigenvalue weighted by Gasteiger charge is -2.25. The van der Waals surface area contributed by atoms with Crippen LogP contribution in [0.5, 0.6) is 0 Å². The van der Waals surface area contributed by atoms with Gasteiger partial charge in [0.05, 0.1) is 12.6 Å². The number of rotatable bonds is 7. The summed E-state index contributed by atoms with van der Waals surface area (Å²) in [6.45, 7) is 9.83. The van der Waals surface area contributed by atoms with E-state index in [-0.39, 0.29) is 11.3 Å². The van der Waals surface area contributed by atoms with Crippen molar-refractivity contribution in [3.8, 4) is 0 Å². The standard InChI is InChI=1S/C12H26N2O2/c1-5-6-8-16-9-7-14-11(15)10(13)12(2,3)4/h10H,5-9,13H2,1-4H3,(H,14,15)/t10-/m0/s1. The Morgan fingerprint density at radius 3 is 2.50 bits per heavy atom. The van der Waals surface area contributed by atoms with Gasteiger partial charge in [-0.15, -0.1) is 0 Å². The van der Waals surface area contributed by atoms with Gasteiger partial charge in [-0.25, -0.2) is 0 Å². The van der Waals surface area contributed by atoms with E-state index in [0.717, 1.165) is 19.4 Å². The highest BCUT2D eigenvalue weighted by atomic mass is 16.5. The molecular formula is C12H26N2O2. The summed E-state index contributed by atoms with van der Waals surface area (Å²) in [5.74, 6) is -0.105. The van der Waals surface area contributed by atoms with Crippen molar-refractivity contribution in [2.24, 2.45) is 11.1 Å². The molecular weight excluding hydrogens is 204 g/mol. The van der Waals surface area contributed by atoms with Gasteiger partial charge < -0.3 is 15.8 Å². The van der Waals surface area contributed by atoms with Crippen molar-refractivity contribution in [1.82, 2.24) is 5.32 Å². The Kier molecular flexibility index (Phi) is 7.34. The second kappa shape index (κ2) is 7.63. The van der Waals surface area contributed by atoms with Crippen LogP contribution in [0, 0.1) is 5.41 Å². The number of hydrogen-bond donors (Lipinski definition) is 2. The van der Waals surface area contributed by atoms with Crippen molar-refractivity contribution in [2.45, 2.75) is 46.6 Å². The van der Waals surface area contributed by atoms with Crippen LogP contribution >= 0.6 is 0 Å². The molecule has 0 spiro atoms. The fourth-order valence-electron chi connectivity index (χ4n) is 1.10. The third kappa shape index (κ3) is 6.80. The van der Waals surface area contributed by atoms with E-state index in [1.165, 1.54) is 0 Å². The Balaban J connectivity index is 3.58. The third-order valence-corrected chi connectivity index (χ3v) is 2.40. The van der Waals surface area contributed by atoms with Gasteiger partial charge in [-0.05, 0) is 11.8 Å². The van der Waals surface area contributed by atoms with Gasteiger partial charge in [0.25, 0.3) is 0 Å². The summed E-state index contributed by atoms with van der Waals surface area (Å²) in [7, 11) is 0. The van der Waals surface area contributed by atoms with Crippen molar-refractivity contribution in [3.05, 3.63) is 0 Å². The SMILES string of the molecule is CCCCOCCNC(=O)[C@H](N)C(C)(C)C. The summed E-state index contributed by atoms with van der Waals surface area (Å²) in [5, 5.41) is 2.78. The average molecular weight is 230 g/mol. The predicted octanol–water partition coefficient (Wildman–Crippen LogP) is 1.29. The molecule has 1 amide bonds. The number of carbonyl (C=O) groups is 1. The number of ether oxygens (including phenoxy) is 1. The third-order valence-electron chi connectivity index (χ3n) is 2.40. The first-order chi connectivity index (χ1) is 7.39. The molecule has 0 heterocycles. The van der Waals surface area contributed by atoms with Crippen LogP contribution in [0.25, 0.3) is 0 Å². The summed E-state index contributed by atoms with van der Waals surface area (Å²) in [5.41, 5.74) is 5.60. The molecule has 0 rings (SSSR count). The molecule has 0 aromatic carbocycles. The van der Waals surface area contributed by atoms with Crippen LogP contribution < -0.4 is 11.1 Å². The lowest BCUT2D eigenvalue weighted by atomic mass is 9.87. The zero-order valence-corrected chi connectivity index (χ0v) is 11.0. The van der Waals surface area contributed by atoms with Gasteiger partial charge in [0.2, 0.25) is 5.91 Å². The molecule has 0 aromatic rings. The van der Waals surface area contributed by atoms with E-state index in [9.17, 15) is 4.79 Å². The molecule has 0 bridgehead atoms. The molecule has 0 aliphatic rings. The number of amides is 1. The molecule has 4 heteroatoms. The highest BCUT2D eigenvalue weighted by Crippen LogP contribution is 2.16. The number of nitrogens with two attached hydrogens (primary N) is 1. The van der Waals surface area contributed by atoms with Gasteiger partial charge in [0.15, 0.2) is 0 Å². The summed E-state index contributed by atoms with van der Waals surface area (Å²) in [6.07, 6.45) is 2.19. The lowest BCUT2D eigenvalue weighted by molar-refractivity contribution is -0.124. The number of nitrogens with one attached hydrogen (secondary N) is 1. The minimum absolute atomic E-state index is 0.105. The molecule has 0 saturated heterocycles. The van der Waals surface area contributed by atoms with Crippen LogP contribution in [0.15, 0.2) is 0 Å². The van der Waals surface area contributed by atoms with Crippen molar-refractivity contribution in [3.63, 3.8) is 0 Å². The molecule has 96 valence electrons. The molecule has 0 aliphatic heterocycles. The van der Waals surface area contributed by atoms with Crippen LogP contribution in [0.2, 0.25) is 0 Å². The van der Waals surface area contributed by atoms with Crippen LogP contribution in [-0.2, 0) is 9.53 Å². The van der Waals surface area contributed by atoms with Crippen molar-refractivity contribution >= 4 is 5.91 Å². The van der Waals surface area contributed by atoms with Crippen molar-refractivity contribution < 1.29 is 9.53 Å². The largest absolute Gasteiger partial charge is 0.380 e. The first-order valence-corrected chi connectivity index (χ1v) is 6.00. The maximum absolute atomic E-state index is 11.6. The Morgan fingerprint density at radius 1 is 1.38 bits per heavy atom. The fraction of sp³-hybridized carbons (Fsp3) is 0.917. The summed E-state index contributed by atoms with van der Waals surface area (Å²) < 4.78 is 5.33. The minimum atomic E-state index is -0.469. The van der Waals surface area contributed by atoms with E-state index < -0.39 is 6.04 Å². The van der Waals surface area contributed by atoms with Crippen LogP contribution in [-0.4, -0.2) is 31.7 Å². The minimum Gasteiger partial charge on any atom is -0.380 e. The molecule has 0 unspecified atom stereocenters. The normalized spacial score (nSPS) is 13.6. The highest BCUT2D eigenvalue weighted by molar-refractivity contribution is 5.82. The van der Waals surface area contributed by atoms with E-state index in [1.54, 1.807) is 0 Å². The molecule has 4 nitrogen and oxygen atoms in total. The van der Waals surface area contributed by atoms with E-state index >= 15 is 0 Å². The Hall–Kier alpha value is -0.610. The monoisotopic (exact) mass is 230 g/mol. The molecule has 3 N–H and O–H groups in total. The summed E-state index contributed by atoms with van der Waals surface area (Å²) >= 11 is 0. The first-order valence-electron chi connectivity index (χ1n) is 6.00. The van der Waals surface area contributed by atoms with E-state index in [0.29, 0.717) is 13.2 Å². The van der Waals surface area contributed by atoms with Gasteiger partial charge >= 0.3 is 0 Å². The lowest BCUT2D eigenvalue weighted by Crippen LogP contribution is -2.49. The summed E-state index contributed by atoms with van der Waals surface area (Å²) in [4.78, 5) is 11.6. The fourth-order valence-corrected chi connectivity index (χ4v) is 1.10. The Bertz CT molecular complexity index is 200. The highest BCUT2D eigenvalue weighted by Gasteiger charge is 2.26. The summed E-state index contributed by atoms with van der Waals surface area (Å²) in [6, 6.07) is -0.469. The topological polar surface area (TPSA) is 64.3 Å². The van der Waals surface area contributed by atoms with Gasteiger partial charge in [0, 0.05) is 13.2 Å². The van der Waals surface area contributed by atoms with Crippen LogP contribution in [0.1, 0.15) is 40.5 Å². The van der Waals surface area contributed by atoms with Gasteiger partial charge in [0.1, 0.15) is 0 Å². The zero-order valence-electron chi connectivity index (χ0n) is 11.0. The molecule has 0 aliphatic carbocycles. The van der Waals surface area contributed by atoms with Crippen molar-refractivity contribution in [2.75, 3.05) is 19.8 Å². The average Bonchev–Trinajstić information content (AvgIpc) is 2.20. The number of carbonyl (C=O) groups excluding carboxylic acids is 1. The smallest absolute Gasteiger partial charge is 0.237 e. The first kappa shape index (κ1) is 15.4. The van der Waals surface area contributed by atoms with Gasteiger partial charge in [-0.3, -0.25) is 4.79 Å². The predicted molar refractivity (Wildman–Crippen MR) is 66.2 cm³/mol. The molecule has 0 saturated carbocycles. The van der Waals surface area contributed by atoms with Crippen LogP contribution in [0.4, 0.5) is 0 Å². The second-order valence-electron chi connectivity index (χ2n) is 5.10. The molecule has 0 aromatic heterocycles. The molecule has 0 fully saturated rings. The number of hydrogen-bond acceptors (Lipinski definition) is 3. The van der Waals surface area contributed by atoms with Gasteiger partial charge in [-0.1, -0.05) is 34.1 Å². The van der Waals surface area contributed by atoms with E-state index in [4.69, 9.17) is 10.5 Å². The van der Waals surface area contributed by atoms with Crippen molar-refractivity contribution in [1.29, 1.82) is 0 Å². The van der Waals surface area contributed by atoms with E-state index in [2.05, 4.69) is 12.2 Å². The molecule has 1 atom stereocenters. The van der Waals surface area contributed by atoms with Crippen LogP contribution in [0.3, 0.4) is 0 Å². The Labute approximate surface area is 98.9 Å². The molecule has 16 heavy (non-hydrogen) atoms. The van der Waals surface area contributed by atoms with E-state index in [1.807, 2.05) is 20.8 Å². The Morgan fingerprint density at radius 2 is 2.00 bits per heavy atom. The zero-order chi connectivity index (χ0) is 12.6. The number of unbranched alkanes of at least 4 members (excludes halogenated alkanes) is 1. The molecule has 0 radical (unpaired) electrons. The maximum atomic E-state index is 11.6. The quantitative estimate of drug-likeness (QED) is 0.648.